The fourth-order valence-corrected chi connectivity index (χ4v) is 2.12. The van der Waals surface area contributed by atoms with Gasteiger partial charge in [0.05, 0.1) is 19.0 Å². The van der Waals surface area contributed by atoms with E-state index in [4.69, 9.17) is 4.74 Å². The molecule has 1 aromatic carbocycles. The third-order valence-electron chi connectivity index (χ3n) is 3.24. The lowest BCUT2D eigenvalue weighted by atomic mass is 10.1. The van der Waals surface area contributed by atoms with Gasteiger partial charge in [0.2, 0.25) is 0 Å². The van der Waals surface area contributed by atoms with Crippen LogP contribution in [0.25, 0.3) is 0 Å². The van der Waals surface area contributed by atoms with Crippen molar-refractivity contribution in [2.45, 2.75) is 26.0 Å². The van der Waals surface area contributed by atoms with E-state index in [1.54, 1.807) is 6.20 Å². The van der Waals surface area contributed by atoms with E-state index in [1.807, 2.05) is 48.3 Å². The van der Waals surface area contributed by atoms with E-state index in [-0.39, 0.29) is 0 Å². The van der Waals surface area contributed by atoms with E-state index in [2.05, 4.69) is 10.3 Å². The summed E-state index contributed by atoms with van der Waals surface area (Å²) >= 11 is 0. The number of hydrogen-bond donors (Lipinski definition) is 2. The molecule has 5 heteroatoms. The van der Waals surface area contributed by atoms with Crippen LogP contribution in [0.5, 0.6) is 5.75 Å². The van der Waals surface area contributed by atoms with E-state index >= 15 is 0 Å². The summed E-state index contributed by atoms with van der Waals surface area (Å²) in [7, 11) is 0. The first kappa shape index (κ1) is 15.5. The minimum Gasteiger partial charge on any atom is -0.494 e. The van der Waals surface area contributed by atoms with E-state index in [0.29, 0.717) is 13.2 Å². The fourth-order valence-electron chi connectivity index (χ4n) is 2.12. The lowest BCUT2D eigenvalue weighted by molar-refractivity contribution is 0.174. The Morgan fingerprint density at radius 1 is 1.33 bits per heavy atom. The molecule has 21 heavy (non-hydrogen) atoms. The molecule has 0 fully saturated rings. The van der Waals surface area contributed by atoms with Crippen LogP contribution in [0.3, 0.4) is 0 Å². The van der Waals surface area contributed by atoms with Gasteiger partial charge in [0.25, 0.3) is 0 Å². The van der Waals surface area contributed by atoms with Crippen LogP contribution in [-0.2, 0) is 6.54 Å². The zero-order valence-corrected chi connectivity index (χ0v) is 12.4. The topological polar surface area (TPSA) is 59.3 Å². The molecule has 0 saturated carbocycles. The van der Waals surface area contributed by atoms with Crippen molar-refractivity contribution in [2.75, 3.05) is 19.7 Å². The summed E-state index contributed by atoms with van der Waals surface area (Å²) in [4.78, 5) is 4.00. The first-order chi connectivity index (χ1) is 10.3. The van der Waals surface area contributed by atoms with Gasteiger partial charge in [0, 0.05) is 25.5 Å². The third kappa shape index (κ3) is 5.21. The predicted molar refractivity (Wildman–Crippen MR) is 82.3 cm³/mol. The number of benzene rings is 1. The summed E-state index contributed by atoms with van der Waals surface area (Å²) < 4.78 is 7.43. The number of aryl methyl sites for hydroxylation is 1. The average Bonchev–Trinajstić information content (AvgIpc) is 3.01. The molecule has 0 aliphatic rings. The Labute approximate surface area is 125 Å². The lowest BCUT2D eigenvalue weighted by Gasteiger charge is -2.13. The summed E-state index contributed by atoms with van der Waals surface area (Å²) in [6.45, 7) is 4.97. The molecule has 114 valence electrons. The molecule has 1 heterocycles. The second-order valence-corrected chi connectivity index (χ2v) is 4.88. The van der Waals surface area contributed by atoms with E-state index < -0.39 is 6.10 Å². The maximum absolute atomic E-state index is 10.1. The Morgan fingerprint density at radius 3 is 2.81 bits per heavy atom. The highest BCUT2D eigenvalue weighted by Gasteiger charge is 2.06. The number of rotatable bonds is 9. The van der Waals surface area contributed by atoms with Gasteiger partial charge in [-0.3, -0.25) is 0 Å². The van der Waals surface area contributed by atoms with Gasteiger partial charge >= 0.3 is 0 Å². The first-order valence-corrected chi connectivity index (χ1v) is 7.37. The normalized spacial score (nSPS) is 12.3. The summed E-state index contributed by atoms with van der Waals surface area (Å²) in [5.74, 6) is 0.835. The maximum Gasteiger partial charge on any atom is 0.119 e. The second kappa shape index (κ2) is 8.44. The Morgan fingerprint density at radius 2 is 2.14 bits per heavy atom. The highest BCUT2D eigenvalue weighted by Crippen LogP contribution is 2.17. The highest BCUT2D eigenvalue weighted by molar-refractivity contribution is 5.28. The molecule has 1 unspecified atom stereocenters. The maximum atomic E-state index is 10.1. The van der Waals surface area contributed by atoms with Crippen molar-refractivity contribution in [3.63, 3.8) is 0 Å². The predicted octanol–water partition coefficient (Wildman–Crippen LogP) is 2.00. The van der Waals surface area contributed by atoms with Crippen LogP contribution in [0.1, 0.15) is 25.0 Å². The molecule has 1 aromatic heterocycles. The van der Waals surface area contributed by atoms with Gasteiger partial charge in [-0.2, -0.15) is 0 Å². The van der Waals surface area contributed by atoms with Gasteiger partial charge in [0.1, 0.15) is 5.75 Å². The van der Waals surface area contributed by atoms with Crippen molar-refractivity contribution in [1.29, 1.82) is 0 Å². The molecule has 1 atom stereocenters. The Balaban J connectivity index is 1.65. The van der Waals surface area contributed by atoms with Crippen molar-refractivity contribution < 1.29 is 9.84 Å². The lowest BCUT2D eigenvalue weighted by Crippen LogP contribution is -2.23. The zero-order valence-electron chi connectivity index (χ0n) is 12.4. The first-order valence-electron chi connectivity index (χ1n) is 7.37. The highest BCUT2D eigenvalue weighted by atomic mass is 16.5. The van der Waals surface area contributed by atoms with Crippen LogP contribution in [0.2, 0.25) is 0 Å². The van der Waals surface area contributed by atoms with Gasteiger partial charge in [-0.1, -0.05) is 12.1 Å². The summed E-state index contributed by atoms with van der Waals surface area (Å²) in [5.41, 5.74) is 0.903. The van der Waals surface area contributed by atoms with Crippen LogP contribution in [-0.4, -0.2) is 34.4 Å². The fraction of sp³-hybridized carbons (Fsp3) is 0.438. The summed E-state index contributed by atoms with van der Waals surface area (Å²) in [6.07, 6.45) is 6.06. The van der Waals surface area contributed by atoms with Gasteiger partial charge in [0.15, 0.2) is 0 Å². The molecule has 0 amide bonds. The summed E-state index contributed by atoms with van der Waals surface area (Å²) in [5, 5.41) is 13.4. The van der Waals surface area contributed by atoms with Crippen molar-refractivity contribution >= 4 is 0 Å². The van der Waals surface area contributed by atoms with Crippen LogP contribution in [0.15, 0.2) is 43.0 Å². The van der Waals surface area contributed by atoms with Crippen molar-refractivity contribution in [2.24, 2.45) is 0 Å². The zero-order chi connectivity index (χ0) is 14.9. The van der Waals surface area contributed by atoms with Crippen LogP contribution >= 0.6 is 0 Å². The molecule has 2 N–H and O–H groups in total. The van der Waals surface area contributed by atoms with E-state index in [0.717, 1.165) is 30.8 Å². The van der Waals surface area contributed by atoms with Gasteiger partial charge in [-0.15, -0.1) is 0 Å². The van der Waals surface area contributed by atoms with E-state index in [1.165, 1.54) is 0 Å². The number of imidazole rings is 1. The number of hydrogen-bond acceptors (Lipinski definition) is 4. The minimum absolute atomic E-state index is 0.492. The Hall–Kier alpha value is -1.85. The quantitative estimate of drug-likeness (QED) is 0.693. The smallest absolute Gasteiger partial charge is 0.119 e. The molecule has 2 rings (SSSR count). The SMILES string of the molecule is CCOc1ccc(C(O)CNCCCn2ccnc2)cc1. The number of aromatic nitrogens is 2. The molecule has 5 nitrogen and oxygen atoms in total. The van der Waals surface area contributed by atoms with Crippen molar-refractivity contribution in [1.82, 2.24) is 14.9 Å². The molecule has 0 bridgehead atoms. The molecular formula is C16H23N3O2. The molecule has 0 aliphatic heterocycles. The van der Waals surface area contributed by atoms with Gasteiger partial charge in [-0.05, 0) is 37.6 Å². The number of nitrogens with one attached hydrogen (secondary N) is 1. The van der Waals surface area contributed by atoms with Crippen LogP contribution in [0.4, 0.5) is 0 Å². The Bertz CT molecular complexity index is 497. The second-order valence-electron chi connectivity index (χ2n) is 4.88. The molecule has 2 aromatic rings. The van der Waals surface area contributed by atoms with Gasteiger partial charge in [-0.25, -0.2) is 4.98 Å². The molecule has 0 aliphatic carbocycles. The third-order valence-corrected chi connectivity index (χ3v) is 3.24. The number of nitrogens with zero attached hydrogens (tertiary/aromatic N) is 2. The number of aliphatic hydroxyl groups excluding tert-OH is 1. The molecule has 0 radical (unpaired) electrons. The van der Waals surface area contributed by atoms with Crippen molar-refractivity contribution in [3.8, 4) is 5.75 Å². The van der Waals surface area contributed by atoms with Crippen LogP contribution < -0.4 is 10.1 Å². The minimum atomic E-state index is -0.492. The number of ether oxygens (including phenoxy) is 1. The van der Waals surface area contributed by atoms with Crippen LogP contribution in [0, 0.1) is 0 Å². The monoisotopic (exact) mass is 289 g/mol. The van der Waals surface area contributed by atoms with Crippen molar-refractivity contribution in [3.05, 3.63) is 48.5 Å². The summed E-state index contributed by atoms with van der Waals surface area (Å²) in [6, 6.07) is 7.59. The largest absolute Gasteiger partial charge is 0.494 e. The average molecular weight is 289 g/mol. The van der Waals surface area contributed by atoms with E-state index in [9.17, 15) is 5.11 Å². The number of aliphatic hydroxyl groups is 1. The molecule has 0 saturated heterocycles. The molecular weight excluding hydrogens is 266 g/mol. The molecule has 0 spiro atoms. The Kier molecular flexibility index (Phi) is 6.24. The standard InChI is InChI=1S/C16H23N3O2/c1-2-21-15-6-4-14(5-7-15)16(20)12-17-8-3-10-19-11-9-18-13-19/h4-7,9,11,13,16-17,20H,2-3,8,10,12H2,1H3. The van der Waals surface area contributed by atoms with Gasteiger partial charge < -0.3 is 19.7 Å².